The van der Waals surface area contributed by atoms with Crippen LogP contribution in [0.2, 0.25) is 0 Å². The summed E-state index contributed by atoms with van der Waals surface area (Å²) in [5, 5.41) is 17.0. The first-order valence-corrected chi connectivity index (χ1v) is 15.9. The van der Waals surface area contributed by atoms with E-state index in [4.69, 9.17) is 10.2 Å². The summed E-state index contributed by atoms with van der Waals surface area (Å²) in [6, 6.07) is 58.0. The standard InChI is InChI=1S/C42H27N5/c1-2-14-31(15-3-1)45-37-19-9-8-18-35(37)36-27-32(24-25-40(36)45)46-41(30-23-22-28-12-4-5-13-29(28)26-30)43-44-42(46)47-38-20-10-6-16-33(38)34-17-7-11-21-39(34)47/h1-27H. The van der Waals surface area contributed by atoms with Crippen molar-refractivity contribution >= 4 is 54.4 Å². The highest BCUT2D eigenvalue weighted by Gasteiger charge is 2.23. The van der Waals surface area contributed by atoms with Crippen molar-refractivity contribution in [1.82, 2.24) is 23.9 Å². The van der Waals surface area contributed by atoms with E-state index in [-0.39, 0.29) is 0 Å². The Hall–Kier alpha value is -6.46. The molecule has 0 fully saturated rings. The summed E-state index contributed by atoms with van der Waals surface area (Å²) in [5.74, 6) is 1.54. The van der Waals surface area contributed by atoms with Gasteiger partial charge in [0.15, 0.2) is 5.82 Å². The number of fused-ring (bicyclic) bond motifs is 7. The van der Waals surface area contributed by atoms with Gasteiger partial charge < -0.3 is 4.57 Å². The summed E-state index contributed by atoms with van der Waals surface area (Å²) in [6.45, 7) is 0. The summed E-state index contributed by atoms with van der Waals surface area (Å²) in [6.07, 6.45) is 0. The van der Waals surface area contributed by atoms with Gasteiger partial charge in [0.2, 0.25) is 5.95 Å². The summed E-state index contributed by atoms with van der Waals surface area (Å²) in [5.41, 5.74) is 7.65. The molecule has 220 valence electrons. The number of para-hydroxylation sites is 4. The van der Waals surface area contributed by atoms with Crippen LogP contribution < -0.4 is 0 Å². The van der Waals surface area contributed by atoms with E-state index in [1.807, 2.05) is 0 Å². The molecule has 0 atom stereocenters. The number of aromatic nitrogens is 5. The molecule has 5 nitrogen and oxygen atoms in total. The zero-order chi connectivity index (χ0) is 30.9. The average molecular weight is 602 g/mol. The van der Waals surface area contributed by atoms with Crippen LogP contribution in [0.5, 0.6) is 0 Å². The van der Waals surface area contributed by atoms with E-state index in [1.165, 1.54) is 37.8 Å². The molecule has 0 aliphatic carbocycles. The lowest BCUT2D eigenvalue weighted by Crippen LogP contribution is -2.07. The van der Waals surface area contributed by atoms with Crippen LogP contribution in [0.4, 0.5) is 0 Å². The maximum absolute atomic E-state index is 4.96. The van der Waals surface area contributed by atoms with Crippen molar-refractivity contribution in [3.8, 4) is 28.7 Å². The number of nitrogens with zero attached hydrogens (tertiary/aromatic N) is 5. The molecule has 0 aliphatic heterocycles. The molecule has 3 heterocycles. The first kappa shape index (κ1) is 25.8. The monoisotopic (exact) mass is 601 g/mol. The molecule has 0 N–H and O–H groups in total. The second-order valence-corrected chi connectivity index (χ2v) is 12.0. The second-order valence-electron chi connectivity index (χ2n) is 12.0. The molecule has 0 radical (unpaired) electrons. The molecular weight excluding hydrogens is 574 g/mol. The normalized spacial score (nSPS) is 11.8. The number of hydrogen-bond acceptors (Lipinski definition) is 2. The third kappa shape index (κ3) is 3.83. The van der Waals surface area contributed by atoms with Crippen LogP contribution in [0.15, 0.2) is 164 Å². The van der Waals surface area contributed by atoms with Crippen LogP contribution in [-0.4, -0.2) is 23.9 Å². The Labute approximate surface area is 270 Å². The van der Waals surface area contributed by atoms with Gasteiger partial charge in [-0.05, 0) is 65.4 Å². The Morgan fingerprint density at radius 3 is 1.64 bits per heavy atom. The van der Waals surface area contributed by atoms with E-state index in [1.54, 1.807) is 0 Å². The van der Waals surface area contributed by atoms with E-state index in [9.17, 15) is 0 Å². The molecule has 10 aromatic rings. The quantitative estimate of drug-likeness (QED) is 0.201. The third-order valence-corrected chi connectivity index (χ3v) is 9.36. The van der Waals surface area contributed by atoms with Crippen molar-refractivity contribution in [2.24, 2.45) is 0 Å². The molecule has 0 saturated carbocycles. The van der Waals surface area contributed by atoms with E-state index in [0.29, 0.717) is 0 Å². The largest absolute Gasteiger partial charge is 0.309 e. The molecule has 7 aromatic carbocycles. The molecule has 0 bridgehead atoms. The third-order valence-electron chi connectivity index (χ3n) is 9.36. The maximum atomic E-state index is 4.96. The molecule has 0 unspecified atom stereocenters. The Kier molecular flexibility index (Phi) is 5.51. The number of rotatable bonds is 4. The highest BCUT2D eigenvalue weighted by molar-refractivity contribution is 6.11. The first-order chi connectivity index (χ1) is 23.3. The number of benzene rings is 7. The van der Waals surface area contributed by atoms with Crippen molar-refractivity contribution in [2.75, 3.05) is 0 Å². The average Bonchev–Trinajstić information content (AvgIpc) is 3.82. The number of hydrogen-bond donors (Lipinski definition) is 0. The fourth-order valence-electron chi connectivity index (χ4n) is 7.27. The van der Waals surface area contributed by atoms with Gasteiger partial charge in [-0.3, -0.25) is 9.13 Å². The predicted molar refractivity (Wildman–Crippen MR) is 193 cm³/mol. The van der Waals surface area contributed by atoms with Gasteiger partial charge in [-0.25, -0.2) is 0 Å². The Morgan fingerprint density at radius 1 is 0.340 bits per heavy atom. The maximum Gasteiger partial charge on any atom is 0.241 e. The molecule has 3 aromatic heterocycles. The Bertz CT molecular complexity index is 2750. The minimum absolute atomic E-state index is 0.747. The topological polar surface area (TPSA) is 40.6 Å². The second kappa shape index (κ2) is 10.0. The van der Waals surface area contributed by atoms with E-state index in [0.717, 1.165) is 45.3 Å². The van der Waals surface area contributed by atoms with Gasteiger partial charge in [0.25, 0.3) is 0 Å². The van der Waals surface area contributed by atoms with Crippen molar-refractivity contribution in [3.63, 3.8) is 0 Å². The molecule has 47 heavy (non-hydrogen) atoms. The van der Waals surface area contributed by atoms with Crippen LogP contribution in [0.1, 0.15) is 0 Å². The van der Waals surface area contributed by atoms with Crippen LogP contribution in [-0.2, 0) is 0 Å². The summed E-state index contributed by atoms with van der Waals surface area (Å²) >= 11 is 0. The van der Waals surface area contributed by atoms with Crippen molar-refractivity contribution in [3.05, 3.63) is 164 Å². The van der Waals surface area contributed by atoms with Crippen LogP contribution >= 0.6 is 0 Å². The van der Waals surface area contributed by atoms with Gasteiger partial charge in [0, 0.05) is 32.8 Å². The SMILES string of the molecule is c1ccc(-n2c3ccccc3c3cc(-n4c(-c5ccc6ccccc6c5)nnc4-n4c5ccccc5c5ccccc54)ccc32)cc1. The zero-order valence-electron chi connectivity index (χ0n) is 25.3. The van der Waals surface area contributed by atoms with E-state index < -0.39 is 0 Å². The van der Waals surface area contributed by atoms with Crippen molar-refractivity contribution < 1.29 is 0 Å². The van der Waals surface area contributed by atoms with Gasteiger partial charge in [-0.1, -0.05) is 109 Å². The highest BCUT2D eigenvalue weighted by Crippen LogP contribution is 2.37. The van der Waals surface area contributed by atoms with Crippen LogP contribution in [0, 0.1) is 0 Å². The fraction of sp³-hybridized carbons (Fsp3) is 0. The summed E-state index contributed by atoms with van der Waals surface area (Å²) in [7, 11) is 0. The van der Waals surface area contributed by atoms with Gasteiger partial charge >= 0.3 is 0 Å². The Morgan fingerprint density at radius 2 is 0.915 bits per heavy atom. The molecule has 10 rings (SSSR count). The van der Waals surface area contributed by atoms with Crippen LogP contribution in [0.3, 0.4) is 0 Å². The summed E-state index contributed by atoms with van der Waals surface area (Å²) in [4.78, 5) is 0. The molecule has 0 saturated heterocycles. The van der Waals surface area contributed by atoms with Gasteiger partial charge in [-0.15, -0.1) is 10.2 Å². The fourth-order valence-corrected chi connectivity index (χ4v) is 7.27. The zero-order valence-corrected chi connectivity index (χ0v) is 25.3. The lowest BCUT2D eigenvalue weighted by Gasteiger charge is -2.14. The van der Waals surface area contributed by atoms with E-state index >= 15 is 0 Å². The van der Waals surface area contributed by atoms with Crippen molar-refractivity contribution in [1.29, 1.82) is 0 Å². The molecule has 0 amide bonds. The molecule has 5 heteroatoms. The van der Waals surface area contributed by atoms with Gasteiger partial charge in [0.05, 0.1) is 27.8 Å². The minimum Gasteiger partial charge on any atom is -0.309 e. The minimum atomic E-state index is 0.747. The van der Waals surface area contributed by atoms with Gasteiger partial charge in [0.1, 0.15) is 0 Å². The predicted octanol–water partition coefficient (Wildman–Crippen LogP) is 10.3. The first-order valence-electron chi connectivity index (χ1n) is 15.9. The van der Waals surface area contributed by atoms with Crippen molar-refractivity contribution in [2.45, 2.75) is 0 Å². The highest BCUT2D eigenvalue weighted by atomic mass is 15.4. The van der Waals surface area contributed by atoms with E-state index in [2.05, 4.69) is 177 Å². The lowest BCUT2D eigenvalue weighted by atomic mass is 10.1. The summed E-state index contributed by atoms with van der Waals surface area (Å²) < 4.78 is 6.81. The van der Waals surface area contributed by atoms with Crippen LogP contribution in [0.25, 0.3) is 83.1 Å². The smallest absolute Gasteiger partial charge is 0.241 e. The molecule has 0 spiro atoms. The van der Waals surface area contributed by atoms with Gasteiger partial charge in [-0.2, -0.15) is 0 Å². The lowest BCUT2D eigenvalue weighted by molar-refractivity contribution is 0.934. The molecular formula is C42H27N5. The Balaban J connectivity index is 1.30. The molecule has 0 aliphatic rings.